The molecule has 2 heterocycles. The Bertz CT molecular complexity index is 934. The van der Waals surface area contributed by atoms with E-state index in [0.29, 0.717) is 24.8 Å². The molecular formula is C29H42N4O3. The summed E-state index contributed by atoms with van der Waals surface area (Å²) >= 11 is 0. The van der Waals surface area contributed by atoms with E-state index in [4.69, 9.17) is 9.84 Å². The molecule has 2 aliphatic rings. The zero-order valence-electron chi connectivity index (χ0n) is 21.9. The summed E-state index contributed by atoms with van der Waals surface area (Å²) in [5.74, 6) is 3.21. The molecule has 2 aromatic rings. The minimum atomic E-state index is 0.126. The van der Waals surface area contributed by atoms with Crippen molar-refractivity contribution in [1.29, 1.82) is 0 Å². The van der Waals surface area contributed by atoms with Crippen LogP contribution in [0.1, 0.15) is 68.9 Å². The van der Waals surface area contributed by atoms with Crippen LogP contribution in [0, 0.1) is 11.8 Å². The fourth-order valence-electron chi connectivity index (χ4n) is 5.45. The van der Waals surface area contributed by atoms with E-state index in [1.807, 2.05) is 19.4 Å². The van der Waals surface area contributed by atoms with E-state index in [2.05, 4.69) is 46.1 Å². The molecule has 1 aliphatic heterocycles. The van der Waals surface area contributed by atoms with E-state index in [1.54, 1.807) is 4.90 Å². The molecule has 1 saturated heterocycles. The van der Waals surface area contributed by atoms with Gasteiger partial charge in [-0.15, -0.1) is 0 Å². The Morgan fingerprint density at radius 3 is 2.33 bits per heavy atom. The van der Waals surface area contributed by atoms with Crippen LogP contribution in [0.25, 0.3) is 0 Å². The number of anilines is 1. The molecule has 0 radical (unpaired) electrons. The lowest BCUT2D eigenvalue weighted by Gasteiger charge is -2.32. The average Bonchev–Trinajstić information content (AvgIpc) is 2.95. The van der Waals surface area contributed by atoms with Gasteiger partial charge in [0.2, 0.25) is 11.9 Å². The first-order valence-corrected chi connectivity index (χ1v) is 13.7. The highest BCUT2D eigenvalue weighted by atomic mass is 16.5. The smallest absolute Gasteiger partial charge is 0.225 e. The molecule has 0 spiro atoms. The predicted molar refractivity (Wildman–Crippen MR) is 142 cm³/mol. The number of aromatic nitrogens is 2. The Morgan fingerprint density at radius 2 is 1.72 bits per heavy atom. The van der Waals surface area contributed by atoms with Gasteiger partial charge in [0.1, 0.15) is 5.75 Å². The van der Waals surface area contributed by atoms with Crippen LogP contribution in [0.4, 0.5) is 5.95 Å². The van der Waals surface area contributed by atoms with Crippen molar-refractivity contribution in [2.75, 3.05) is 44.8 Å². The molecule has 1 aliphatic carbocycles. The van der Waals surface area contributed by atoms with E-state index < -0.39 is 0 Å². The number of amides is 1. The third-order valence-electron chi connectivity index (χ3n) is 7.94. The molecule has 0 bridgehead atoms. The van der Waals surface area contributed by atoms with Gasteiger partial charge < -0.3 is 19.6 Å². The van der Waals surface area contributed by atoms with Crippen molar-refractivity contribution in [2.45, 2.75) is 64.2 Å². The van der Waals surface area contributed by atoms with E-state index in [0.717, 1.165) is 76.3 Å². The summed E-state index contributed by atoms with van der Waals surface area (Å²) in [6.45, 7) is 5.58. The number of hydrogen-bond donors (Lipinski definition) is 1. The van der Waals surface area contributed by atoms with Gasteiger partial charge in [-0.1, -0.05) is 19.1 Å². The second kappa shape index (κ2) is 13.0. The van der Waals surface area contributed by atoms with Crippen molar-refractivity contribution in [3.8, 4) is 5.75 Å². The van der Waals surface area contributed by atoms with Crippen molar-refractivity contribution < 1.29 is 14.6 Å². The van der Waals surface area contributed by atoms with Gasteiger partial charge in [-0.05, 0) is 86.5 Å². The lowest BCUT2D eigenvalue weighted by molar-refractivity contribution is -0.135. The topological polar surface area (TPSA) is 78.8 Å². The second-order valence-corrected chi connectivity index (χ2v) is 10.4. The van der Waals surface area contributed by atoms with Gasteiger partial charge in [-0.3, -0.25) is 4.79 Å². The Morgan fingerprint density at radius 1 is 1.06 bits per heavy atom. The first-order valence-electron chi connectivity index (χ1n) is 13.7. The molecule has 196 valence electrons. The fourth-order valence-corrected chi connectivity index (χ4v) is 5.45. The average molecular weight is 495 g/mol. The number of aliphatic hydroxyl groups is 1. The molecule has 7 nitrogen and oxygen atoms in total. The van der Waals surface area contributed by atoms with Gasteiger partial charge in [0, 0.05) is 51.6 Å². The number of piperidine rings is 1. The molecule has 7 heteroatoms. The molecule has 1 N–H and O–H groups in total. The lowest BCUT2D eigenvalue weighted by atomic mass is 9.78. The van der Waals surface area contributed by atoms with Crippen LogP contribution in [0.15, 0.2) is 36.7 Å². The Balaban J connectivity index is 1.18. The molecule has 1 amide bonds. The number of carbonyl (C=O) groups is 1. The van der Waals surface area contributed by atoms with Crippen molar-refractivity contribution in [2.24, 2.45) is 11.8 Å². The molecule has 36 heavy (non-hydrogen) atoms. The summed E-state index contributed by atoms with van der Waals surface area (Å²) in [6.07, 6.45) is 11.7. The summed E-state index contributed by atoms with van der Waals surface area (Å²) in [5.41, 5.74) is 2.53. The fraction of sp³-hybridized carbons (Fsp3) is 0.621. The highest BCUT2D eigenvalue weighted by Gasteiger charge is 2.29. The summed E-state index contributed by atoms with van der Waals surface area (Å²) in [5, 5.41) is 9.00. The quantitative estimate of drug-likeness (QED) is 0.526. The SMILES string of the molecule is CCc1cnc(N2CCC(COc3ccc(C4CCC(C(=O)N(C)CCCO)CC4)cc3)CC2)nc1. The molecule has 1 aromatic heterocycles. The van der Waals surface area contributed by atoms with Crippen LogP contribution in [-0.4, -0.2) is 65.8 Å². The maximum absolute atomic E-state index is 12.6. The van der Waals surface area contributed by atoms with Crippen LogP contribution in [-0.2, 0) is 11.2 Å². The number of rotatable bonds is 10. The standard InChI is InChI=1S/C29H42N4O3/c1-3-22-19-30-29(31-20-22)33-16-13-23(14-17-33)21-36-27-11-9-25(10-12-27)24-5-7-26(8-6-24)28(35)32(2)15-4-18-34/h9-12,19-20,23-24,26,34H,3-8,13-18,21H2,1-2H3. The van der Waals surface area contributed by atoms with E-state index in [9.17, 15) is 4.79 Å². The van der Waals surface area contributed by atoms with E-state index >= 15 is 0 Å². The summed E-state index contributed by atoms with van der Waals surface area (Å²) in [6, 6.07) is 8.62. The highest BCUT2D eigenvalue weighted by molar-refractivity contribution is 5.78. The Labute approximate surface area is 215 Å². The van der Waals surface area contributed by atoms with Crippen LogP contribution >= 0.6 is 0 Å². The summed E-state index contributed by atoms with van der Waals surface area (Å²) in [7, 11) is 1.85. The van der Waals surface area contributed by atoms with Gasteiger partial charge in [-0.2, -0.15) is 0 Å². The van der Waals surface area contributed by atoms with Crippen LogP contribution in [0.5, 0.6) is 5.75 Å². The number of benzene rings is 1. The second-order valence-electron chi connectivity index (χ2n) is 10.4. The molecule has 1 aromatic carbocycles. The lowest BCUT2D eigenvalue weighted by Crippen LogP contribution is -2.36. The van der Waals surface area contributed by atoms with Gasteiger partial charge in [0.05, 0.1) is 6.61 Å². The maximum Gasteiger partial charge on any atom is 0.225 e. The van der Waals surface area contributed by atoms with Crippen LogP contribution in [0.3, 0.4) is 0 Å². The minimum absolute atomic E-state index is 0.126. The molecule has 4 rings (SSSR count). The third kappa shape index (κ3) is 6.96. The number of hydrogen-bond acceptors (Lipinski definition) is 6. The van der Waals surface area contributed by atoms with Gasteiger partial charge in [-0.25, -0.2) is 9.97 Å². The van der Waals surface area contributed by atoms with E-state index in [-0.39, 0.29) is 18.4 Å². The van der Waals surface area contributed by atoms with Crippen molar-refractivity contribution in [3.05, 3.63) is 47.8 Å². The van der Waals surface area contributed by atoms with Crippen LogP contribution < -0.4 is 9.64 Å². The predicted octanol–water partition coefficient (Wildman–Crippen LogP) is 4.45. The largest absolute Gasteiger partial charge is 0.493 e. The number of carbonyl (C=O) groups excluding carboxylic acids is 1. The van der Waals surface area contributed by atoms with Crippen LogP contribution in [0.2, 0.25) is 0 Å². The normalized spacial score (nSPS) is 20.8. The molecule has 0 atom stereocenters. The number of ether oxygens (including phenoxy) is 1. The first kappa shape index (κ1) is 26.4. The Kier molecular flexibility index (Phi) is 9.56. The van der Waals surface area contributed by atoms with Crippen molar-refractivity contribution in [3.63, 3.8) is 0 Å². The molecule has 2 fully saturated rings. The zero-order chi connectivity index (χ0) is 25.3. The molecular weight excluding hydrogens is 452 g/mol. The molecule has 1 saturated carbocycles. The zero-order valence-corrected chi connectivity index (χ0v) is 21.9. The van der Waals surface area contributed by atoms with E-state index in [1.165, 1.54) is 11.1 Å². The monoisotopic (exact) mass is 494 g/mol. The molecule has 0 unspecified atom stereocenters. The van der Waals surface area contributed by atoms with Gasteiger partial charge in [0.15, 0.2) is 0 Å². The maximum atomic E-state index is 12.6. The number of nitrogens with zero attached hydrogens (tertiary/aromatic N) is 4. The highest BCUT2D eigenvalue weighted by Crippen LogP contribution is 2.37. The summed E-state index contributed by atoms with van der Waals surface area (Å²) in [4.78, 5) is 25.7. The Hall–Kier alpha value is -2.67. The third-order valence-corrected chi connectivity index (χ3v) is 7.94. The van der Waals surface area contributed by atoms with Gasteiger partial charge >= 0.3 is 0 Å². The minimum Gasteiger partial charge on any atom is -0.493 e. The van der Waals surface area contributed by atoms with Crippen molar-refractivity contribution in [1.82, 2.24) is 14.9 Å². The van der Waals surface area contributed by atoms with Crippen molar-refractivity contribution >= 4 is 11.9 Å². The number of aliphatic hydroxyl groups excluding tert-OH is 1. The first-order chi connectivity index (χ1) is 17.6. The summed E-state index contributed by atoms with van der Waals surface area (Å²) < 4.78 is 6.15. The van der Waals surface area contributed by atoms with Gasteiger partial charge in [0.25, 0.3) is 0 Å². The number of aryl methyl sites for hydroxylation is 1.